The highest BCUT2D eigenvalue weighted by Crippen LogP contribution is 2.35. The van der Waals surface area contributed by atoms with Gasteiger partial charge in [0.1, 0.15) is 11.6 Å². The van der Waals surface area contributed by atoms with Gasteiger partial charge in [-0.25, -0.2) is 8.78 Å². The van der Waals surface area contributed by atoms with Crippen molar-refractivity contribution in [1.82, 2.24) is 0 Å². The van der Waals surface area contributed by atoms with Crippen LogP contribution < -0.4 is 4.90 Å². The smallest absolute Gasteiger partial charge is 0.128 e. The maximum Gasteiger partial charge on any atom is 0.128 e. The van der Waals surface area contributed by atoms with Crippen LogP contribution in [0.1, 0.15) is 72.3 Å². The minimum absolute atomic E-state index is 0.103. The number of hydrogen-bond donors (Lipinski definition) is 0. The number of unbranched alkanes of at least 4 members (excludes halogenated alkanes) is 1. The van der Waals surface area contributed by atoms with Gasteiger partial charge in [-0.3, -0.25) is 0 Å². The van der Waals surface area contributed by atoms with E-state index in [0.717, 1.165) is 30.2 Å². The topological polar surface area (TPSA) is 3.24 Å². The number of nitrogens with zero attached hydrogens (tertiary/aromatic N) is 1. The van der Waals surface area contributed by atoms with Gasteiger partial charge in [-0.05, 0) is 72.6 Å². The summed E-state index contributed by atoms with van der Waals surface area (Å²) >= 11 is 0. The molecule has 0 fully saturated rings. The van der Waals surface area contributed by atoms with Gasteiger partial charge in [-0.15, -0.1) is 0 Å². The average Bonchev–Trinajstić information content (AvgIpc) is 2.82. The molecule has 0 aliphatic heterocycles. The molecule has 0 N–H and O–H groups in total. The first-order valence-electron chi connectivity index (χ1n) is 12.3. The third-order valence-corrected chi connectivity index (χ3v) is 7.08. The molecule has 0 aromatic heterocycles. The standard InChI is InChI=1S/C30H37F2N/c1-6-9-18-30(5,8-3)25-14-10-23(11-15-25)24-12-16-28(17-13-24)33(22(4)7-2)29-20-26(31)19-27(32)21-29/h10-17,19-22H,6-9,18H2,1-5H3. The fourth-order valence-electron chi connectivity index (χ4n) is 4.49. The Balaban J connectivity index is 1.88. The molecule has 33 heavy (non-hydrogen) atoms. The first-order chi connectivity index (χ1) is 15.8. The summed E-state index contributed by atoms with van der Waals surface area (Å²) in [5.74, 6) is -1.12. The van der Waals surface area contributed by atoms with Gasteiger partial charge in [0, 0.05) is 23.5 Å². The third-order valence-electron chi connectivity index (χ3n) is 7.08. The van der Waals surface area contributed by atoms with Crippen LogP contribution in [0.3, 0.4) is 0 Å². The van der Waals surface area contributed by atoms with Crippen LogP contribution in [0.4, 0.5) is 20.2 Å². The summed E-state index contributed by atoms with van der Waals surface area (Å²) < 4.78 is 27.8. The van der Waals surface area contributed by atoms with Crippen molar-refractivity contribution in [2.24, 2.45) is 0 Å². The van der Waals surface area contributed by atoms with Crippen molar-refractivity contribution in [3.05, 3.63) is 83.9 Å². The molecule has 0 bridgehead atoms. The number of rotatable bonds is 10. The van der Waals surface area contributed by atoms with Crippen molar-refractivity contribution < 1.29 is 8.78 Å². The van der Waals surface area contributed by atoms with E-state index in [-0.39, 0.29) is 11.5 Å². The van der Waals surface area contributed by atoms with Crippen LogP contribution in [-0.2, 0) is 5.41 Å². The second-order valence-corrected chi connectivity index (χ2v) is 9.40. The van der Waals surface area contributed by atoms with E-state index >= 15 is 0 Å². The minimum atomic E-state index is -0.562. The highest BCUT2D eigenvalue weighted by molar-refractivity contribution is 5.70. The van der Waals surface area contributed by atoms with Crippen LogP contribution in [0.25, 0.3) is 11.1 Å². The molecule has 3 heteroatoms. The Kier molecular flexibility index (Phi) is 8.29. The zero-order valence-electron chi connectivity index (χ0n) is 20.7. The fraction of sp³-hybridized carbons (Fsp3) is 0.400. The molecule has 0 heterocycles. The predicted molar refractivity (Wildman–Crippen MR) is 137 cm³/mol. The number of anilines is 2. The lowest BCUT2D eigenvalue weighted by molar-refractivity contribution is 0.403. The van der Waals surface area contributed by atoms with E-state index in [0.29, 0.717) is 5.69 Å². The maximum absolute atomic E-state index is 13.9. The lowest BCUT2D eigenvalue weighted by Crippen LogP contribution is -2.27. The second kappa shape index (κ2) is 11.0. The van der Waals surface area contributed by atoms with Crippen molar-refractivity contribution in [2.75, 3.05) is 4.90 Å². The van der Waals surface area contributed by atoms with Crippen molar-refractivity contribution in [3.8, 4) is 11.1 Å². The van der Waals surface area contributed by atoms with E-state index in [9.17, 15) is 8.78 Å². The molecule has 0 aliphatic carbocycles. The van der Waals surface area contributed by atoms with E-state index < -0.39 is 11.6 Å². The molecule has 0 saturated carbocycles. The molecule has 0 amide bonds. The van der Waals surface area contributed by atoms with Crippen LogP contribution >= 0.6 is 0 Å². The maximum atomic E-state index is 13.9. The number of halogens is 2. The Morgan fingerprint density at radius 1 is 0.788 bits per heavy atom. The van der Waals surface area contributed by atoms with E-state index in [2.05, 4.69) is 71.0 Å². The third kappa shape index (κ3) is 5.82. The monoisotopic (exact) mass is 449 g/mol. The summed E-state index contributed by atoms with van der Waals surface area (Å²) in [5, 5.41) is 0. The van der Waals surface area contributed by atoms with Crippen LogP contribution in [0, 0.1) is 11.6 Å². The largest absolute Gasteiger partial charge is 0.338 e. The molecule has 3 aromatic carbocycles. The first-order valence-corrected chi connectivity index (χ1v) is 12.3. The minimum Gasteiger partial charge on any atom is -0.338 e. The van der Waals surface area contributed by atoms with E-state index in [1.54, 1.807) is 0 Å². The van der Waals surface area contributed by atoms with Crippen LogP contribution in [0.15, 0.2) is 66.7 Å². The van der Waals surface area contributed by atoms with E-state index in [1.165, 1.54) is 42.5 Å². The van der Waals surface area contributed by atoms with E-state index in [1.807, 2.05) is 17.0 Å². The lowest BCUT2D eigenvalue weighted by atomic mass is 9.76. The second-order valence-electron chi connectivity index (χ2n) is 9.40. The Morgan fingerprint density at radius 3 is 1.82 bits per heavy atom. The summed E-state index contributed by atoms with van der Waals surface area (Å²) in [6, 6.07) is 21.0. The van der Waals surface area contributed by atoms with Crippen LogP contribution in [0.5, 0.6) is 0 Å². The molecule has 2 unspecified atom stereocenters. The zero-order valence-corrected chi connectivity index (χ0v) is 20.7. The molecule has 3 aromatic rings. The van der Waals surface area contributed by atoms with Crippen molar-refractivity contribution in [2.45, 2.75) is 78.2 Å². The average molecular weight is 450 g/mol. The fourth-order valence-corrected chi connectivity index (χ4v) is 4.49. The van der Waals surface area contributed by atoms with Gasteiger partial charge in [0.2, 0.25) is 0 Å². The number of hydrogen-bond acceptors (Lipinski definition) is 1. The molecule has 0 radical (unpaired) electrons. The quantitative estimate of drug-likeness (QED) is 0.298. The summed E-state index contributed by atoms with van der Waals surface area (Å²) in [7, 11) is 0. The molecule has 0 spiro atoms. The van der Waals surface area contributed by atoms with Gasteiger partial charge in [0.25, 0.3) is 0 Å². The first kappa shape index (κ1) is 25.0. The summed E-state index contributed by atoms with van der Waals surface area (Å²) in [6.07, 6.45) is 5.66. The lowest BCUT2D eigenvalue weighted by Gasteiger charge is -2.31. The number of benzene rings is 3. The molecule has 1 nitrogen and oxygen atoms in total. The predicted octanol–water partition coefficient (Wildman–Crippen LogP) is 9.43. The van der Waals surface area contributed by atoms with Gasteiger partial charge in [-0.2, -0.15) is 0 Å². The van der Waals surface area contributed by atoms with Gasteiger partial charge in [-0.1, -0.05) is 76.9 Å². The Labute approximate surface area is 198 Å². The highest BCUT2D eigenvalue weighted by atomic mass is 19.1. The summed E-state index contributed by atoms with van der Waals surface area (Å²) in [6.45, 7) is 11.0. The highest BCUT2D eigenvalue weighted by Gasteiger charge is 2.23. The van der Waals surface area contributed by atoms with Gasteiger partial charge in [0.15, 0.2) is 0 Å². The summed E-state index contributed by atoms with van der Waals surface area (Å²) in [4.78, 5) is 2.00. The molecule has 0 saturated heterocycles. The Bertz CT molecular complexity index is 1010. The Morgan fingerprint density at radius 2 is 1.33 bits per heavy atom. The van der Waals surface area contributed by atoms with Crippen molar-refractivity contribution in [3.63, 3.8) is 0 Å². The molecule has 3 rings (SSSR count). The normalized spacial score (nSPS) is 14.0. The molecular formula is C30H37F2N. The molecule has 2 atom stereocenters. The molecular weight excluding hydrogens is 412 g/mol. The molecule has 176 valence electrons. The molecule has 0 aliphatic rings. The SMILES string of the molecule is CCCCC(C)(CC)c1ccc(-c2ccc(N(c3cc(F)cc(F)c3)C(C)CC)cc2)cc1. The van der Waals surface area contributed by atoms with Gasteiger partial charge < -0.3 is 4.90 Å². The van der Waals surface area contributed by atoms with Crippen LogP contribution in [0.2, 0.25) is 0 Å². The van der Waals surface area contributed by atoms with Crippen LogP contribution in [-0.4, -0.2) is 6.04 Å². The summed E-state index contributed by atoms with van der Waals surface area (Å²) in [5.41, 5.74) is 5.38. The van der Waals surface area contributed by atoms with Gasteiger partial charge in [0.05, 0.1) is 0 Å². The zero-order chi connectivity index (χ0) is 24.0. The van der Waals surface area contributed by atoms with Crippen molar-refractivity contribution in [1.29, 1.82) is 0 Å². The Hall–Kier alpha value is -2.68. The van der Waals surface area contributed by atoms with Crippen molar-refractivity contribution >= 4 is 11.4 Å². The van der Waals surface area contributed by atoms with Gasteiger partial charge >= 0.3 is 0 Å². The van der Waals surface area contributed by atoms with E-state index in [4.69, 9.17) is 0 Å².